The Labute approximate surface area is 271 Å². The van der Waals surface area contributed by atoms with Crippen LogP contribution in [-0.2, 0) is 11.4 Å². The van der Waals surface area contributed by atoms with E-state index in [1.54, 1.807) is 42.3 Å². The summed E-state index contributed by atoms with van der Waals surface area (Å²) in [4.78, 5) is 43.0. The third-order valence-electron chi connectivity index (χ3n) is 7.65. The highest BCUT2D eigenvalue weighted by Gasteiger charge is 2.33. The van der Waals surface area contributed by atoms with Crippen molar-refractivity contribution in [1.82, 2.24) is 4.98 Å². The van der Waals surface area contributed by atoms with Crippen molar-refractivity contribution < 1.29 is 38.2 Å². The molecule has 47 heavy (non-hydrogen) atoms. The molecular formula is C34H34N4O9. The smallest absolute Gasteiger partial charge is 0.349 e. The van der Waals surface area contributed by atoms with E-state index in [4.69, 9.17) is 23.7 Å². The average molecular weight is 643 g/mol. The number of nitrogens with one attached hydrogen (secondary N) is 1. The van der Waals surface area contributed by atoms with Crippen LogP contribution in [0.3, 0.4) is 0 Å². The molecule has 1 amide bonds. The Kier molecular flexibility index (Phi) is 9.17. The van der Waals surface area contributed by atoms with Gasteiger partial charge in [-0.05, 0) is 55.8 Å². The number of rotatable bonds is 10. The normalized spacial score (nSPS) is 13.5. The van der Waals surface area contributed by atoms with Crippen molar-refractivity contribution in [3.05, 3.63) is 88.1 Å². The minimum Gasteiger partial charge on any atom is -0.496 e. The van der Waals surface area contributed by atoms with Crippen LogP contribution >= 0.6 is 0 Å². The van der Waals surface area contributed by atoms with E-state index in [-0.39, 0.29) is 47.6 Å². The number of hydrogen-bond acceptors (Lipinski definition) is 11. The van der Waals surface area contributed by atoms with Gasteiger partial charge in [0.2, 0.25) is 11.8 Å². The fourth-order valence-electron chi connectivity index (χ4n) is 5.42. The van der Waals surface area contributed by atoms with E-state index in [2.05, 4.69) is 10.3 Å². The molecule has 4 aromatic rings. The maximum atomic E-state index is 13.4. The van der Waals surface area contributed by atoms with Crippen molar-refractivity contribution in [2.45, 2.75) is 32.4 Å². The van der Waals surface area contributed by atoms with Gasteiger partial charge in [-0.3, -0.25) is 14.9 Å². The zero-order valence-electron chi connectivity index (χ0n) is 26.8. The molecule has 0 spiro atoms. The van der Waals surface area contributed by atoms with Crippen LogP contribution in [0.5, 0.6) is 28.9 Å². The first-order valence-electron chi connectivity index (χ1n) is 14.5. The first kappa shape index (κ1) is 32.5. The van der Waals surface area contributed by atoms with Gasteiger partial charge in [0.05, 0.1) is 43.7 Å². The quantitative estimate of drug-likeness (QED) is 0.0933. The minimum absolute atomic E-state index is 0.101. The Morgan fingerprint density at radius 2 is 1.72 bits per heavy atom. The number of carbonyl (C=O) groups excluding carboxylic acids is 2. The van der Waals surface area contributed by atoms with Crippen molar-refractivity contribution >= 4 is 28.9 Å². The lowest BCUT2D eigenvalue weighted by molar-refractivity contribution is -0.385. The van der Waals surface area contributed by atoms with Crippen LogP contribution in [0.1, 0.15) is 36.2 Å². The molecule has 1 aliphatic heterocycles. The Bertz CT molecular complexity index is 1860. The van der Waals surface area contributed by atoms with Crippen LogP contribution in [0, 0.1) is 10.1 Å². The number of methoxy groups -OCH3 is 3. The molecule has 1 aliphatic rings. The van der Waals surface area contributed by atoms with E-state index in [1.165, 1.54) is 45.7 Å². The predicted molar refractivity (Wildman–Crippen MR) is 174 cm³/mol. The van der Waals surface area contributed by atoms with Gasteiger partial charge in [-0.15, -0.1) is 0 Å². The number of carbonyl (C=O) groups is 2. The molecule has 1 N–H and O–H groups in total. The van der Waals surface area contributed by atoms with E-state index in [9.17, 15) is 19.7 Å². The molecule has 3 aromatic carbocycles. The van der Waals surface area contributed by atoms with E-state index in [0.29, 0.717) is 39.6 Å². The largest absolute Gasteiger partial charge is 0.496 e. The second kappa shape index (κ2) is 13.3. The number of nitrogens with zero attached hydrogens (tertiary/aromatic N) is 3. The highest BCUT2D eigenvalue weighted by atomic mass is 16.6. The van der Waals surface area contributed by atoms with Crippen molar-refractivity contribution in [3.8, 4) is 40.0 Å². The summed E-state index contributed by atoms with van der Waals surface area (Å²) in [6.07, 6.45) is 1.74. The van der Waals surface area contributed by atoms with E-state index in [0.717, 1.165) is 0 Å². The molecule has 0 bridgehead atoms. The van der Waals surface area contributed by atoms with Gasteiger partial charge in [-0.1, -0.05) is 6.07 Å². The molecule has 0 atom stereocenters. The number of anilines is 2. The van der Waals surface area contributed by atoms with Crippen LogP contribution in [-0.4, -0.2) is 55.7 Å². The van der Waals surface area contributed by atoms with Crippen LogP contribution in [0.4, 0.5) is 17.1 Å². The summed E-state index contributed by atoms with van der Waals surface area (Å²) in [5.41, 5.74) is 2.58. The number of nitro groups is 1. The fraction of sp³-hybridized carbons (Fsp3) is 0.265. The lowest BCUT2D eigenvalue weighted by Crippen LogP contribution is -2.35. The molecule has 0 saturated heterocycles. The Balaban J connectivity index is 1.60. The molecule has 0 saturated carbocycles. The second-order valence-corrected chi connectivity index (χ2v) is 11.3. The van der Waals surface area contributed by atoms with E-state index >= 15 is 0 Å². The van der Waals surface area contributed by atoms with Crippen molar-refractivity contribution in [3.63, 3.8) is 0 Å². The number of aromatic nitrogens is 1. The summed E-state index contributed by atoms with van der Waals surface area (Å²) in [7, 11) is 6.03. The monoisotopic (exact) mass is 642 g/mol. The maximum Gasteiger partial charge on any atom is 0.349 e. The van der Waals surface area contributed by atoms with E-state index < -0.39 is 16.4 Å². The summed E-state index contributed by atoms with van der Waals surface area (Å²) in [5.74, 6) is 0.394. The van der Waals surface area contributed by atoms with Gasteiger partial charge in [0.25, 0.3) is 5.69 Å². The number of fused-ring (bicyclic) bond motifs is 1. The van der Waals surface area contributed by atoms with Crippen LogP contribution < -0.4 is 33.9 Å². The summed E-state index contributed by atoms with van der Waals surface area (Å²) in [6.45, 7) is 3.78. The number of esters is 1. The highest BCUT2D eigenvalue weighted by molar-refractivity contribution is 6.01. The SMILES string of the molecule is COc1ccc([N+](=O)[O-])cc1OCc1c(-c2ccc(OC(=O)c3cccnc3OC)cc2OC)ccc2c1N(C)C(=O)CC(C)(C)N2. The van der Waals surface area contributed by atoms with Gasteiger partial charge in [0, 0.05) is 48.5 Å². The number of hydrogen-bond donors (Lipinski definition) is 1. The summed E-state index contributed by atoms with van der Waals surface area (Å²) < 4.78 is 28.2. The van der Waals surface area contributed by atoms with Gasteiger partial charge < -0.3 is 33.9 Å². The first-order valence-corrected chi connectivity index (χ1v) is 14.5. The standard InChI is InChI=1S/C34H34N4O9/c1-34(2)18-30(39)37(3)31-25(19-46-29-16-20(38(41)42)9-14-27(29)43-4)22(12-13-26(31)36-34)23-11-10-21(17-28(23)44-5)47-33(40)24-8-7-15-35-32(24)45-6/h7-17,36H,18-19H2,1-6H3. The zero-order chi connectivity index (χ0) is 33.9. The molecule has 0 radical (unpaired) electrons. The van der Waals surface area contributed by atoms with E-state index in [1.807, 2.05) is 26.0 Å². The number of amides is 1. The number of non-ortho nitro benzene ring substituents is 1. The van der Waals surface area contributed by atoms with Crippen molar-refractivity contribution in [2.24, 2.45) is 0 Å². The predicted octanol–water partition coefficient (Wildman–Crippen LogP) is 6.04. The van der Waals surface area contributed by atoms with Crippen molar-refractivity contribution in [2.75, 3.05) is 38.6 Å². The van der Waals surface area contributed by atoms with Gasteiger partial charge in [0.15, 0.2) is 11.5 Å². The second-order valence-electron chi connectivity index (χ2n) is 11.3. The molecule has 2 heterocycles. The average Bonchev–Trinajstić information content (AvgIpc) is 3.14. The Morgan fingerprint density at radius 1 is 0.979 bits per heavy atom. The number of benzene rings is 3. The highest BCUT2D eigenvalue weighted by Crippen LogP contribution is 2.45. The molecule has 13 nitrogen and oxygen atoms in total. The Hall–Kier alpha value is -5.85. The molecule has 13 heteroatoms. The molecule has 0 fully saturated rings. The third-order valence-corrected chi connectivity index (χ3v) is 7.65. The minimum atomic E-state index is -0.663. The lowest BCUT2D eigenvalue weighted by atomic mass is 9.95. The third kappa shape index (κ3) is 6.73. The molecule has 1 aromatic heterocycles. The molecule has 0 unspecified atom stereocenters. The van der Waals surface area contributed by atoms with Gasteiger partial charge in [-0.25, -0.2) is 9.78 Å². The van der Waals surface area contributed by atoms with Crippen LogP contribution in [0.25, 0.3) is 11.1 Å². The number of ether oxygens (including phenoxy) is 5. The maximum absolute atomic E-state index is 13.4. The fourth-order valence-corrected chi connectivity index (χ4v) is 5.42. The van der Waals surface area contributed by atoms with Crippen molar-refractivity contribution in [1.29, 1.82) is 0 Å². The summed E-state index contributed by atoms with van der Waals surface area (Å²) >= 11 is 0. The summed E-state index contributed by atoms with van der Waals surface area (Å²) in [5, 5.41) is 15.0. The summed E-state index contributed by atoms with van der Waals surface area (Å²) in [6, 6.07) is 15.9. The lowest BCUT2D eigenvalue weighted by Gasteiger charge is -2.26. The molecule has 0 aliphatic carbocycles. The van der Waals surface area contributed by atoms with Crippen LogP contribution in [0.15, 0.2) is 66.9 Å². The van der Waals surface area contributed by atoms with Gasteiger partial charge in [0.1, 0.15) is 23.7 Å². The van der Waals surface area contributed by atoms with Gasteiger partial charge >= 0.3 is 5.97 Å². The molecule has 244 valence electrons. The van der Waals surface area contributed by atoms with Gasteiger partial charge in [-0.2, -0.15) is 0 Å². The Morgan fingerprint density at radius 3 is 2.43 bits per heavy atom. The zero-order valence-corrected chi connectivity index (χ0v) is 26.8. The number of pyridine rings is 1. The number of nitro benzene ring substituents is 1. The molecular weight excluding hydrogens is 608 g/mol. The topological polar surface area (TPSA) is 152 Å². The molecule has 5 rings (SSSR count). The van der Waals surface area contributed by atoms with Crippen LogP contribution in [0.2, 0.25) is 0 Å². The first-order chi connectivity index (χ1) is 22.5.